The van der Waals surface area contributed by atoms with Crippen molar-refractivity contribution in [2.24, 2.45) is 0 Å². The van der Waals surface area contributed by atoms with E-state index in [4.69, 9.17) is 0 Å². The van der Waals surface area contributed by atoms with Crippen molar-refractivity contribution in [3.8, 4) is 5.75 Å². The van der Waals surface area contributed by atoms with Crippen LogP contribution in [0, 0.1) is 0 Å². The number of nitrogens with one attached hydrogen (secondary N) is 1. The molecule has 0 amide bonds. The lowest BCUT2D eigenvalue weighted by atomic mass is 10.0. The van der Waals surface area contributed by atoms with Gasteiger partial charge in [-0.15, -0.1) is 24.5 Å². The standard InChI is InChI=1S/C16H17F3N2OS/c17-16(18,19)22-13-5-3-12(4-6-13)15(14-2-1-11-23-14)21-9-7-20-8-10-21/h1-6,11,15,20H,7-10H2/t15-/m1/s1. The van der Waals surface area contributed by atoms with Gasteiger partial charge in [-0.25, -0.2) is 0 Å². The predicted octanol–water partition coefficient (Wildman–Crippen LogP) is 3.64. The van der Waals surface area contributed by atoms with Crippen molar-refractivity contribution in [1.29, 1.82) is 0 Å². The van der Waals surface area contributed by atoms with Crippen LogP contribution in [0.2, 0.25) is 0 Å². The van der Waals surface area contributed by atoms with Gasteiger partial charge in [0, 0.05) is 31.1 Å². The summed E-state index contributed by atoms with van der Waals surface area (Å²) in [4.78, 5) is 3.54. The van der Waals surface area contributed by atoms with Crippen molar-refractivity contribution < 1.29 is 17.9 Å². The Kier molecular flexibility index (Phi) is 4.89. The quantitative estimate of drug-likeness (QED) is 0.918. The zero-order chi connectivity index (χ0) is 16.3. The van der Waals surface area contributed by atoms with E-state index in [0.29, 0.717) is 0 Å². The molecule has 3 nitrogen and oxygen atoms in total. The third-order valence-electron chi connectivity index (χ3n) is 3.76. The first-order valence-corrected chi connectivity index (χ1v) is 8.25. The maximum absolute atomic E-state index is 12.3. The van der Waals surface area contributed by atoms with Crippen LogP contribution in [0.4, 0.5) is 13.2 Å². The summed E-state index contributed by atoms with van der Waals surface area (Å²) in [5.41, 5.74) is 0.976. The number of halogens is 3. The molecule has 3 rings (SSSR count). The normalized spacial score (nSPS) is 17.9. The molecule has 0 saturated carbocycles. The Morgan fingerprint density at radius 2 is 1.78 bits per heavy atom. The van der Waals surface area contributed by atoms with Crippen LogP contribution in [-0.4, -0.2) is 37.4 Å². The summed E-state index contributed by atoms with van der Waals surface area (Å²) < 4.78 is 40.8. The molecule has 0 radical (unpaired) electrons. The molecule has 1 N–H and O–H groups in total. The van der Waals surface area contributed by atoms with E-state index in [0.717, 1.165) is 31.7 Å². The molecule has 1 aliphatic heterocycles. The van der Waals surface area contributed by atoms with Crippen LogP contribution in [0.25, 0.3) is 0 Å². The van der Waals surface area contributed by atoms with Gasteiger partial charge in [-0.2, -0.15) is 0 Å². The number of piperazine rings is 1. The van der Waals surface area contributed by atoms with Crippen LogP contribution in [0.1, 0.15) is 16.5 Å². The van der Waals surface area contributed by atoms with Crippen LogP contribution in [0.15, 0.2) is 41.8 Å². The van der Waals surface area contributed by atoms with Crippen molar-refractivity contribution in [2.45, 2.75) is 12.4 Å². The molecule has 2 heterocycles. The first kappa shape index (κ1) is 16.3. The van der Waals surface area contributed by atoms with Gasteiger partial charge >= 0.3 is 6.36 Å². The van der Waals surface area contributed by atoms with Crippen molar-refractivity contribution in [2.75, 3.05) is 26.2 Å². The third kappa shape index (κ3) is 4.25. The van der Waals surface area contributed by atoms with E-state index in [2.05, 4.69) is 21.0 Å². The molecule has 124 valence electrons. The summed E-state index contributed by atoms with van der Waals surface area (Å²) in [6.45, 7) is 3.64. The molecule has 0 unspecified atom stereocenters. The molecule has 0 bridgehead atoms. The number of alkyl halides is 3. The third-order valence-corrected chi connectivity index (χ3v) is 4.68. The molecule has 0 aliphatic carbocycles. The van der Waals surface area contributed by atoms with Gasteiger partial charge in [-0.3, -0.25) is 4.90 Å². The van der Waals surface area contributed by atoms with Gasteiger partial charge < -0.3 is 10.1 Å². The minimum absolute atomic E-state index is 0.0667. The summed E-state index contributed by atoms with van der Waals surface area (Å²) in [6.07, 6.45) is -4.66. The van der Waals surface area contributed by atoms with Gasteiger partial charge in [0.15, 0.2) is 0 Å². The van der Waals surface area contributed by atoms with Gasteiger partial charge in [0.05, 0.1) is 6.04 Å². The molecular weight excluding hydrogens is 325 g/mol. The first-order valence-electron chi connectivity index (χ1n) is 7.37. The fourth-order valence-electron chi connectivity index (χ4n) is 2.79. The highest BCUT2D eigenvalue weighted by atomic mass is 32.1. The number of benzene rings is 1. The van der Waals surface area contributed by atoms with E-state index in [1.165, 1.54) is 17.0 Å². The van der Waals surface area contributed by atoms with Gasteiger partial charge in [0.1, 0.15) is 5.75 Å². The number of rotatable bonds is 4. The Hall–Kier alpha value is -1.57. The van der Waals surface area contributed by atoms with Crippen LogP contribution in [0.5, 0.6) is 5.75 Å². The first-order chi connectivity index (χ1) is 11.0. The number of hydrogen-bond acceptors (Lipinski definition) is 4. The highest BCUT2D eigenvalue weighted by Crippen LogP contribution is 2.33. The maximum atomic E-state index is 12.3. The molecule has 2 aromatic rings. The maximum Gasteiger partial charge on any atom is 0.573 e. The van der Waals surface area contributed by atoms with Crippen molar-refractivity contribution in [3.63, 3.8) is 0 Å². The monoisotopic (exact) mass is 342 g/mol. The topological polar surface area (TPSA) is 24.5 Å². The predicted molar refractivity (Wildman–Crippen MR) is 83.7 cm³/mol. The van der Waals surface area contributed by atoms with Crippen LogP contribution in [-0.2, 0) is 0 Å². The van der Waals surface area contributed by atoms with Crippen LogP contribution >= 0.6 is 11.3 Å². The molecule has 1 saturated heterocycles. The Balaban J connectivity index is 1.84. The number of nitrogens with zero attached hydrogens (tertiary/aromatic N) is 1. The number of hydrogen-bond donors (Lipinski definition) is 1. The molecule has 23 heavy (non-hydrogen) atoms. The second kappa shape index (κ2) is 6.90. The second-order valence-corrected chi connectivity index (χ2v) is 6.30. The van der Waals surface area contributed by atoms with E-state index < -0.39 is 6.36 Å². The second-order valence-electron chi connectivity index (χ2n) is 5.32. The summed E-state index contributed by atoms with van der Waals surface area (Å²) in [7, 11) is 0. The molecule has 7 heteroatoms. The minimum atomic E-state index is -4.66. The highest BCUT2D eigenvalue weighted by molar-refractivity contribution is 7.10. The number of ether oxygens (including phenoxy) is 1. The van der Waals surface area contributed by atoms with E-state index in [1.54, 1.807) is 23.5 Å². The Morgan fingerprint density at radius 3 is 2.35 bits per heavy atom. The smallest absolute Gasteiger partial charge is 0.406 e. The summed E-state index contributed by atoms with van der Waals surface area (Å²) >= 11 is 1.66. The molecule has 1 aromatic heterocycles. The van der Waals surface area contributed by atoms with Crippen molar-refractivity contribution in [1.82, 2.24) is 10.2 Å². The molecule has 1 aliphatic rings. The van der Waals surface area contributed by atoms with Crippen LogP contribution in [0.3, 0.4) is 0 Å². The van der Waals surface area contributed by atoms with E-state index in [9.17, 15) is 13.2 Å². The molecule has 0 spiro atoms. The van der Waals surface area contributed by atoms with Gasteiger partial charge in [-0.1, -0.05) is 18.2 Å². The van der Waals surface area contributed by atoms with Gasteiger partial charge in [0.2, 0.25) is 0 Å². The Bertz CT molecular complexity index is 607. The minimum Gasteiger partial charge on any atom is -0.406 e. The zero-order valence-electron chi connectivity index (χ0n) is 12.3. The van der Waals surface area contributed by atoms with Gasteiger partial charge in [0.25, 0.3) is 0 Å². The summed E-state index contributed by atoms with van der Waals surface area (Å²) in [6, 6.07) is 10.3. The zero-order valence-corrected chi connectivity index (χ0v) is 13.2. The molecule has 1 fully saturated rings. The lowest BCUT2D eigenvalue weighted by Gasteiger charge is -2.34. The average Bonchev–Trinajstić information content (AvgIpc) is 3.03. The largest absolute Gasteiger partial charge is 0.573 e. The highest BCUT2D eigenvalue weighted by Gasteiger charge is 2.31. The lowest BCUT2D eigenvalue weighted by Crippen LogP contribution is -2.45. The fraction of sp³-hybridized carbons (Fsp3) is 0.375. The average molecular weight is 342 g/mol. The van der Waals surface area contributed by atoms with E-state index >= 15 is 0 Å². The molecular formula is C16H17F3N2OS. The van der Waals surface area contributed by atoms with E-state index in [1.807, 2.05) is 11.4 Å². The van der Waals surface area contributed by atoms with Crippen molar-refractivity contribution in [3.05, 3.63) is 52.2 Å². The summed E-state index contributed by atoms with van der Waals surface area (Å²) in [5, 5.41) is 5.34. The SMILES string of the molecule is FC(F)(F)Oc1ccc([C@H](c2cccs2)N2CCNCC2)cc1. The van der Waals surface area contributed by atoms with Gasteiger partial charge in [-0.05, 0) is 29.1 Å². The Morgan fingerprint density at radius 1 is 1.09 bits per heavy atom. The number of thiophene rings is 1. The summed E-state index contributed by atoms with van der Waals surface area (Å²) in [5.74, 6) is -0.188. The molecule has 1 atom stereocenters. The van der Waals surface area contributed by atoms with Crippen molar-refractivity contribution >= 4 is 11.3 Å². The fourth-order valence-corrected chi connectivity index (χ4v) is 3.68. The molecule has 1 aromatic carbocycles. The Labute approximate surface area is 136 Å². The van der Waals surface area contributed by atoms with Crippen LogP contribution < -0.4 is 10.1 Å². The lowest BCUT2D eigenvalue weighted by molar-refractivity contribution is -0.274. The van der Waals surface area contributed by atoms with E-state index in [-0.39, 0.29) is 11.8 Å².